The average molecular weight is 227 g/mol. The third-order valence-corrected chi connectivity index (χ3v) is 1.80. The molecule has 0 atom stereocenters. The molecule has 0 aliphatic rings. The van der Waals surface area contributed by atoms with Gasteiger partial charge in [-0.1, -0.05) is 0 Å². The average Bonchev–Trinajstić information content (AvgIpc) is 2.19. The number of carboxylic acids is 1. The zero-order chi connectivity index (χ0) is 12.3. The second-order valence-corrected chi connectivity index (χ2v) is 2.83. The molecule has 1 rings (SSSR count). The second-order valence-electron chi connectivity index (χ2n) is 2.83. The maximum Gasteiger partial charge on any atom is 0.339 e. The van der Waals surface area contributed by atoms with Crippen LogP contribution in [-0.2, 0) is 0 Å². The van der Waals surface area contributed by atoms with E-state index in [1.165, 1.54) is 0 Å². The first-order valence-corrected chi connectivity index (χ1v) is 4.34. The fraction of sp³-hybridized carbons (Fsp3) is 0.222. The van der Waals surface area contributed by atoms with E-state index in [1.54, 1.807) is 6.92 Å². The Hall–Kier alpha value is -2.31. The van der Waals surface area contributed by atoms with E-state index in [0.29, 0.717) is 0 Å². The van der Waals surface area contributed by atoms with Gasteiger partial charge in [0.2, 0.25) is 5.75 Å². The Bertz CT molecular complexity index is 407. The Morgan fingerprint density at radius 2 is 2.19 bits per heavy atom. The summed E-state index contributed by atoms with van der Waals surface area (Å²) in [4.78, 5) is 20.4. The van der Waals surface area contributed by atoms with Crippen molar-refractivity contribution in [1.82, 2.24) is 0 Å². The number of carbonyl (C=O) groups is 1. The highest BCUT2D eigenvalue weighted by atomic mass is 16.6. The molecule has 0 amide bonds. The smallest absolute Gasteiger partial charge is 0.339 e. The topological polar surface area (TPSA) is 110 Å². The lowest BCUT2D eigenvalue weighted by Gasteiger charge is -2.06. The van der Waals surface area contributed by atoms with Crippen LogP contribution in [0.5, 0.6) is 11.5 Å². The zero-order valence-electron chi connectivity index (χ0n) is 8.34. The van der Waals surface area contributed by atoms with Gasteiger partial charge in [0, 0.05) is 0 Å². The summed E-state index contributed by atoms with van der Waals surface area (Å²) in [5.74, 6) is -2.30. The maximum absolute atomic E-state index is 10.7. The summed E-state index contributed by atoms with van der Waals surface area (Å²) in [6, 6.07) is 2.01. The van der Waals surface area contributed by atoms with Gasteiger partial charge in [0.05, 0.1) is 17.6 Å². The molecule has 0 aliphatic carbocycles. The van der Waals surface area contributed by atoms with Gasteiger partial charge in [-0.2, -0.15) is 0 Å². The predicted octanol–water partition coefficient (Wildman–Crippen LogP) is 1.40. The Morgan fingerprint density at radius 1 is 1.56 bits per heavy atom. The van der Waals surface area contributed by atoms with Crippen molar-refractivity contribution in [2.24, 2.45) is 0 Å². The molecule has 0 unspecified atom stereocenters. The molecule has 0 fully saturated rings. The van der Waals surface area contributed by atoms with E-state index < -0.39 is 27.9 Å². The number of nitro groups is 1. The highest BCUT2D eigenvalue weighted by molar-refractivity contribution is 5.93. The third kappa shape index (κ3) is 2.19. The number of carboxylic acid groups (broad SMARTS) is 1. The van der Waals surface area contributed by atoms with Crippen molar-refractivity contribution in [2.45, 2.75) is 6.92 Å². The molecule has 16 heavy (non-hydrogen) atoms. The molecular weight excluding hydrogens is 218 g/mol. The van der Waals surface area contributed by atoms with Gasteiger partial charge in [-0.3, -0.25) is 10.1 Å². The van der Waals surface area contributed by atoms with Crippen molar-refractivity contribution in [2.75, 3.05) is 6.61 Å². The quantitative estimate of drug-likeness (QED) is 0.594. The lowest BCUT2D eigenvalue weighted by molar-refractivity contribution is -0.386. The summed E-state index contributed by atoms with van der Waals surface area (Å²) < 4.78 is 4.96. The third-order valence-electron chi connectivity index (χ3n) is 1.80. The molecule has 7 heteroatoms. The van der Waals surface area contributed by atoms with Crippen LogP contribution in [0.4, 0.5) is 5.69 Å². The van der Waals surface area contributed by atoms with E-state index in [2.05, 4.69) is 0 Å². The monoisotopic (exact) mass is 227 g/mol. The number of benzene rings is 1. The number of nitro benzene ring substituents is 1. The Balaban J connectivity index is 3.38. The fourth-order valence-electron chi connectivity index (χ4n) is 1.15. The van der Waals surface area contributed by atoms with E-state index in [9.17, 15) is 20.0 Å². The van der Waals surface area contributed by atoms with Crippen LogP contribution in [0.25, 0.3) is 0 Å². The molecule has 1 aromatic rings. The molecule has 1 aromatic carbocycles. The first-order chi connectivity index (χ1) is 7.47. The number of aromatic carboxylic acids is 1. The molecule has 0 saturated heterocycles. The minimum Gasteiger partial charge on any atom is -0.501 e. The van der Waals surface area contributed by atoms with Gasteiger partial charge in [0.25, 0.3) is 0 Å². The van der Waals surface area contributed by atoms with Gasteiger partial charge < -0.3 is 14.9 Å². The maximum atomic E-state index is 10.7. The summed E-state index contributed by atoms with van der Waals surface area (Å²) in [7, 11) is 0. The van der Waals surface area contributed by atoms with Crippen LogP contribution in [0.1, 0.15) is 17.3 Å². The van der Waals surface area contributed by atoms with Crippen LogP contribution in [0.3, 0.4) is 0 Å². The Morgan fingerprint density at radius 3 is 2.62 bits per heavy atom. The number of phenols is 1. The molecule has 0 spiro atoms. The molecule has 7 nitrogen and oxygen atoms in total. The molecule has 0 aliphatic heterocycles. The Kier molecular flexibility index (Phi) is 3.29. The second kappa shape index (κ2) is 4.47. The molecule has 0 radical (unpaired) electrons. The van der Waals surface area contributed by atoms with Crippen LogP contribution < -0.4 is 4.74 Å². The van der Waals surface area contributed by atoms with E-state index in [4.69, 9.17) is 9.84 Å². The van der Waals surface area contributed by atoms with Crippen LogP contribution in [-0.4, -0.2) is 27.7 Å². The minimum atomic E-state index is -1.46. The van der Waals surface area contributed by atoms with E-state index in [1.807, 2.05) is 0 Å². The number of nitrogens with zero attached hydrogens (tertiary/aromatic N) is 1. The summed E-state index contributed by atoms with van der Waals surface area (Å²) in [5.41, 5.74) is -1.25. The number of hydrogen-bond acceptors (Lipinski definition) is 5. The van der Waals surface area contributed by atoms with Crippen molar-refractivity contribution < 1.29 is 24.7 Å². The van der Waals surface area contributed by atoms with Gasteiger partial charge in [-0.25, -0.2) is 4.79 Å². The van der Waals surface area contributed by atoms with Gasteiger partial charge in [-0.15, -0.1) is 0 Å². The van der Waals surface area contributed by atoms with Crippen molar-refractivity contribution in [1.29, 1.82) is 0 Å². The molecule has 0 aromatic heterocycles. The fourth-order valence-corrected chi connectivity index (χ4v) is 1.15. The van der Waals surface area contributed by atoms with Crippen molar-refractivity contribution in [3.05, 3.63) is 27.8 Å². The SMILES string of the molecule is CCOc1cc(C(=O)O)c(O)c([N+](=O)[O-])c1. The first kappa shape index (κ1) is 11.8. The summed E-state index contributed by atoms with van der Waals surface area (Å²) in [6.45, 7) is 1.89. The number of ether oxygens (including phenoxy) is 1. The van der Waals surface area contributed by atoms with Crippen molar-refractivity contribution >= 4 is 11.7 Å². The van der Waals surface area contributed by atoms with Gasteiger partial charge in [-0.05, 0) is 13.0 Å². The number of rotatable bonds is 4. The van der Waals surface area contributed by atoms with Crippen LogP contribution in [0.2, 0.25) is 0 Å². The number of hydrogen-bond donors (Lipinski definition) is 2. The summed E-state index contributed by atoms with van der Waals surface area (Å²) in [5, 5.41) is 28.6. The first-order valence-electron chi connectivity index (χ1n) is 4.34. The van der Waals surface area contributed by atoms with E-state index in [0.717, 1.165) is 12.1 Å². The lowest BCUT2D eigenvalue weighted by Crippen LogP contribution is -2.02. The molecule has 86 valence electrons. The van der Waals surface area contributed by atoms with Crippen molar-refractivity contribution in [3.63, 3.8) is 0 Å². The molecule has 0 heterocycles. The van der Waals surface area contributed by atoms with E-state index >= 15 is 0 Å². The summed E-state index contributed by atoms with van der Waals surface area (Å²) in [6.07, 6.45) is 0. The van der Waals surface area contributed by atoms with E-state index in [-0.39, 0.29) is 12.4 Å². The molecule has 0 bridgehead atoms. The summed E-state index contributed by atoms with van der Waals surface area (Å²) >= 11 is 0. The highest BCUT2D eigenvalue weighted by Gasteiger charge is 2.23. The van der Waals surface area contributed by atoms with Gasteiger partial charge in [0.15, 0.2) is 0 Å². The molecular formula is C9H9NO6. The lowest BCUT2D eigenvalue weighted by atomic mass is 10.1. The molecule has 2 N–H and O–H groups in total. The zero-order valence-corrected chi connectivity index (χ0v) is 8.34. The standard InChI is InChI=1S/C9H9NO6/c1-2-16-5-3-6(9(12)13)8(11)7(4-5)10(14)15/h3-4,11H,2H2,1H3,(H,12,13). The number of aromatic hydroxyl groups is 1. The minimum absolute atomic E-state index is 0.0319. The van der Waals surface area contributed by atoms with Gasteiger partial charge in [0.1, 0.15) is 11.3 Å². The van der Waals surface area contributed by atoms with Crippen LogP contribution >= 0.6 is 0 Å². The van der Waals surface area contributed by atoms with Crippen LogP contribution in [0.15, 0.2) is 12.1 Å². The normalized spacial score (nSPS) is 9.81. The largest absolute Gasteiger partial charge is 0.501 e. The van der Waals surface area contributed by atoms with Gasteiger partial charge >= 0.3 is 11.7 Å². The molecule has 0 saturated carbocycles. The van der Waals surface area contributed by atoms with Crippen molar-refractivity contribution in [3.8, 4) is 11.5 Å². The highest BCUT2D eigenvalue weighted by Crippen LogP contribution is 2.34. The Labute approximate surface area is 90.0 Å². The predicted molar refractivity (Wildman–Crippen MR) is 52.9 cm³/mol. The van der Waals surface area contributed by atoms with Crippen LogP contribution in [0, 0.1) is 10.1 Å².